The molecule has 0 aliphatic carbocycles. The van der Waals surface area contributed by atoms with Crippen molar-refractivity contribution >= 4 is 22.4 Å². The van der Waals surface area contributed by atoms with Crippen LogP contribution < -0.4 is 0 Å². The first kappa shape index (κ1) is 10.4. The van der Waals surface area contributed by atoms with Crippen LogP contribution in [-0.2, 0) is 6.42 Å². The molecular formula is C13H14ClN. The Morgan fingerprint density at radius 2 is 2.20 bits per heavy atom. The van der Waals surface area contributed by atoms with E-state index in [4.69, 9.17) is 11.6 Å². The molecule has 2 rings (SSSR count). The molecule has 15 heavy (non-hydrogen) atoms. The van der Waals surface area contributed by atoms with Gasteiger partial charge >= 0.3 is 0 Å². The van der Waals surface area contributed by atoms with E-state index in [0.717, 1.165) is 12.8 Å². The van der Waals surface area contributed by atoms with E-state index in [0.29, 0.717) is 0 Å². The van der Waals surface area contributed by atoms with Crippen molar-refractivity contribution in [2.45, 2.75) is 25.1 Å². The summed E-state index contributed by atoms with van der Waals surface area (Å²) in [4.78, 5) is 4.12. The smallest absolute Gasteiger partial charge is 0.0346 e. The first-order valence-corrected chi connectivity index (χ1v) is 5.66. The fourth-order valence-electron chi connectivity index (χ4n) is 1.76. The zero-order valence-corrected chi connectivity index (χ0v) is 9.54. The number of halogens is 1. The molecule has 0 amide bonds. The predicted octanol–water partition coefficient (Wildman–Crippen LogP) is 3.79. The fourth-order valence-corrected chi connectivity index (χ4v) is 1.87. The second-order valence-corrected chi connectivity index (χ2v) is 4.58. The Labute approximate surface area is 95.1 Å². The van der Waals surface area contributed by atoms with Crippen LogP contribution in [0.2, 0.25) is 0 Å². The lowest BCUT2D eigenvalue weighted by atomic mass is 10.0. The lowest BCUT2D eigenvalue weighted by Gasteiger charge is -2.06. The Balaban J connectivity index is 2.34. The molecule has 0 spiro atoms. The maximum atomic E-state index is 5.97. The second-order valence-electron chi connectivity index (χ2n) is 3.83. The van der Waals surface area contributed by atoms with Gasteiger partial charge in [0.15, 0.2) is 0 Å². The van der Waals surface area contributed by atoms with Crippen molar-refractivity contribution in [1.82, 2.24) is 4.98 Å². The molecule has 1 aromatic heterocycles. The highest BCUT2D eigenvalue weighted by Crippen LogP contribution is 2.19. The number of alkyl halides is 1. The molecule has 0 aliphatic heterocycles. The van der Waals surface area contributed by atoms with Crippen molar-refractivity contribution in [2.24, 2.45) is 0 Å². The van der Waals surface area contributed by atoms with Crippen molar-refractivity contribution < 1.29 is 0 Å². The van der Waals surface area contributed by atoms with Gasteiger partial charge in [-0.3, -0.25) is 4.98 Å². The summed E-state index contributed by atoms with van der Waals surface area (Å²) in [6, 6.07) is 8.42. The number of nitrogens with zero attached hydrogens (tertiary/aromatic N) is 1. The summed E-state index contributed by atoms with van der Waals surface area (Å²) >= 11 is 5.97. The van der Waals surface area contributed by atoms with Crippen molar-refractivity contribution in [1.29, 1.82) is 0 Å². The normalized spacial score (nSPS) is 12.9. The zero-order chi connectivity index (χ0) is 10.7. The van der Waals surface area contributed by atoms with Gasteiger partial charge in [-0.2, -0.15) is 0 Å². The molecule has 0 bridgehead atoms. The summed E-state index contributed by atoms with van der Waals surface area (Å²) in [5.74, 6) is 0. The minimum Gasteiger partial charge on any atom is -0.264 e. The van der Waals surface area contributed by atoms with Gasteiger partial charge in [0.1, 0.15) is 0 Å². The van der Waals surface area contributed by atoms with Crippen molar-refractivity contribution in [3.8, 4) is 0 Å². The molecule has 2 heteroatoms. The van der Waals surface area contributed by atoms with Gasteiger partial charge in [0.05, 0.1) is 0 Å². The number of fused-ring (bicyclic) bond motifs is 1. The average Bonchev–Trinajstić information content (AvgIpc) is 2.26. The van der Waals surface area contributed by atoms with E-state index in [1.807, 2.05) is 19.3 Å². The number of rotatable bonds is 3. The minimum atomic E-state index is 0.238. The third-order valence-electron chi connectivity index (χ3n) is 2.58. The van der Waals surface area contributed by atoms with Gasteiger partial charge < -0.3 is 0 Å². The Morgan fingerprint density at radius 1 is 1.33 bits per heavy atom. The first-order valence-electron chi connectivity index (χ1n) is 5.23. The lowest BCUT2D eigenvalue weighted by molar-refractivity contribution is 0.807. The van der Waals surface area contributed by atoms with Crippen LogP contribution in [0.15, 0.2) is 36.7 Å². The van der Waals surface area contributed by atoms with Gasteiger partial charge in [-0.05, 0) is 36.8 Å². The molecular weight excluding hydrogens is 206 g/mol. The fraction of sp³-hybridized carbons (Fsp3) is 0.308. The number of aromatic nitrogens is 1. The van der Waals surface area contributed by atoms with Crippen LogP contribution in [0.3, 0.4) is 0 Å². The Kier molecular flexibility index (Phi) is 3.22. The van der Waals surface area contributed by atoms with Crippen LogP contribution in [0, 0.1) is 0 Å². The molecule has 1 heterocycles. The van der Waals surface area contributed by atoms with E-state index in [1.54, 1.807) is 0 Å². The molecule has 78 valence electrons. The van der Waals surface area contributed by atoms with Crippen molar-refractivity contribution in [3.63, 3.8) is 0 Å². The summed E-state index contributed by atoms with van der Waals surface area (Å²) in [6.45, 7) is 2.04. The van der Waals surface area contributed by atoms with Crippen molar-refractivity contribution in [3.05, 3.63) is 42.2 Å². The summed E-state index contributed by atoms with van der Waals surface area (Å²) in [6.07, 6.45) is 5.80. The Hall–Kier alpha value is -1.08. The monoisotopic (exact) mass is 219 g/mol. The van der Waals surface area contributed by atoms with Gasteiger partial charge in [-0.25, -0.2) is 0 Å². The maximum absolute atomic E-state index is 5.97. The number of aryl methyl sites for hydroxylation is 1. The molecule has 1 atom stereocenters. The van der Waals surface area contributed by atoms with Gasteiger partial charge in [-0.15, -0.1) is 11.6 Å². The van der Waals surface area contributed by atoms with Gasteiger partial charge in [0, 0.05) is 23.2 Å². The quantitative estimate of drug-likeness (QED) is 0.716. The SMILES string of the molecule is CC(Cl)CCc1cccc2cnccc12. The molecule has 2 aromatic rings. The minimum absolute atomic E-state index is 0.238. The molecule has 0 N–H and O–H groups in total. The summed E-state index contributed by atoms with van der Waals surface area (Å²) in [5.41, 5.74) is 1.36. The molecule has 0 saturated heterocycles. The Morgan fingerprint density at radius 3 is 3.00 bits per heavy atom. The largest absolute Gasteiger partial charge is 0.264 e. The molecule has 1 aromatic carbocycles. The van der Waals surface area contributed by atoms with Crippen LogP contribution in [0.4, 0.5) is 0 Å². The number of hydrogen-bond donors (Lipinski definition) is 0. The number of pyridine rings is 1. The van der Waals surface area contributed by atoms with E-state index >= 15 is 0 Å². The van der Waals surface area contributed by atoms with Crippen LogP contribution in [0.1, 0.15) is 18.9 Å². The van der Waals surface area contributed by atoms with Crippen LogP contribution in [-0.4, -0.2) is 10.4 Å². The van der Waals surface area contributed by atoms with E-state index < -0.39 is 0 Å². The van der Waals surface area contributed by atoms with Gasteiger partial charge in [0.25, 0.3) is 0 Å². The molecule has 1 unspecified atom stereocenters. The summed E-state index contributed by atoms with van der Waals surface area (Å²) in [5, 5.41) is 2.74. The highest BCUT2D eigenvalue weighted by atomic mass is 35.5. The maximum Gasteiger partial charge on any atom is 0.0346 e. The number of benzene rings is 1. The first-order chi connectivity index (χ1) is 7.27. The van der Waals surface area contributed by atoms with E-state index in [1.165, 1.54) is 16.3 Å². The lowest BCUT2D eigenvalue weighted by Crippen LogP contribution is -1.95. The molecule has 0 saturated carbocycles. The third kappa shape index (κ3) is 2.48. The molecule has 1 nitrogen and oxygen atoms in total. The standard InChI is InChI=1S/C13H14ClN/c1-10(14)5-6-11-3-2-4-12-9-15-8-7-13(11)12/h2-4,7-10H,5-6H2,1H3. The van der Waals surface area contributed by atoms with Crippen molar-refractivity contribution in [2.75, 3.05) is 0 Å². The molecule has 0 fully saturated rings. The topological polar surface area (TPSA) is 12.9 Å². The summed E-state index contributed by atoms with van der Waals surface area (Å²) in [7, 11) is 0. The second kappa shape index (κ2) is 4.63. The van der Waals surface area contributed by atoms with Gasteiger partial charge in [-0.1, -0.05) is 18.2 Å². The predicted molar refractivity (Wildman–Crippen MR) is 65.4 cm³/mol. The molecule has 0 aliphatic rings. The molecule has 0 radical (unpaired) electrons. The van der Waals surface area contributed by atoms with E-state index in [9.17, 15) is 0 Å². The van der Waals surface area contributed by atoms with Crippen LogP contribution >= 0.6 is 11.6 Å². The third-order valence-corrected chi connectivity index (χ3v) is 2.80. The number of hydrogen-bond acceptors (Lipinski definition) is 1. The summed E-state index contributed by atoms with van der Waals surface area (Å²) < 4.78 is 0. The zero-order valence-electron chi connectivity index (χ0n) is 8.78. The average molecular weight is 220 g/mol. The highest BCUT2D eigenvalue weighted by Gasteiger charge is 2.02. The van der Waals surface area contributed by atoms with Gasteiger partial charge in [0.2, 0.25) is 0 Å². The van der Waals surface area contributed by atoms with E-state index in [-0.39, 0.29) is 5.38 Å². The van der Waals surface area contributed by atoms with E-state index in [2.05, 4.69) is 29.2 Å². The highest BCUT2D eigenvalue weighted by molar-refractivity contribution is 6.20. The van der Waals surface area contributed by atoms with Crippen LogP contribution in [0.5, 0.6) is 0 Å². The Bertz CT molecular complexity index is 446. The van der Waals surface area contributed by atoms with Crippen LogP contribution in [0.25, 0.3) is 10.8 Å².